The summed E-state index contributed by atoms with van der Waals surface area (Å²) in [4.78, 5) is 25.4. The Morgan fingerprint density at radius 2 is 2.10 bits per heavy atom. The van der Waals surface area contributed by atoms with Crippen molar-refractivity contribution in [1.82, 2.24) is 9.47 Å². The van der Waals surface area contributed by atoms with Crippen LogP contribution in [0.3, 0.4) is 0 Å². The molecule has 0 spiro atoms. The molecule has 2 rings (SSSR count). The lowest BCUT2D eigenvalue weighted by Crippen LogP contribution is -2.38. The molecule has 0 radical (unpaired) electrons. The summed E-state index contributed by atoms with van der Waals surface area (Å²) in [5.74, 6) is -1.48. The molecule has 2 heterocycles. The van der Waals surface area contributed by atoms with Gasteiger partial charge in [-0.25, -0.2) is 0 Å². The van der Waals surface area contributed by atoms with Crippen LogP contribution >= 0.6 is 11.6 Å². The molecule has 1 amide bonds. The zero-order valence-electron chi connectivity index (χ0n) is 11.8. The molecule has 1 aliphatic heterocycles. The molecule has 110 valence electrons. The molecule has 5 nitrogen and oxygen atoms in total. The number of likely N-dealkylation sites (tertiary alicyclic amines) is 1. The topological polar surface area (TPSA) is 62.5 Å². The number of amides is 1. The molecule has 1 saturated heterocycles. The Kier molecular flexibility index (Phi) is 4.09. The number of carbonyl (C=O) groups excluding carboxylic acids is 1. The number of halogens is 1. The Hall–Kier alpha value is -1.49. The second-order valence-corrected chi connectivity index (χ2v) is 5.95. The summed E-state index contributed by atoms with van der Waals surface area (Å²) in [7, 11) is 0. The highest BCUT2D eigenvalue weighted by Crippen LogP contribution is 2.28. The van der Waals surface area contributed by atoms with Gasteiger partial charge in [-0.3, -0.25) is 9.59 Å². The Balaban J connectivity index is 2.27. The second-order valence-electron chi connectivity index (χ2n) is 5.52. The molecule has 1 aromatic heterocycles. The molecular formula is C14H19ClN2O3. The van der Waals surface area contributed by atoms with Gasteiger partial charge in [-0.15, -0.1) is 0 Å². The zero-order chi connectivity index (χ0) is 15.0. The van der Waals surface area contributed by atoms with Crippen molar-refractivity contribution in [3.8, 4) is 0 Å². The third-order valence-electron chi connectivity index (χ3n) is 3.92. The van der Waals surface area contributed by atoms with E-state index in [1.807, 2.05) is 18.4 Å². The van der Waals surface area contributed by atoms with E-state index < -0.39 is 11.9 Å². The number of carboxylic acid groups (broad SMARTS) is 1. The van der Waals surface area contributed by atoms with Crippen molar-refractivity contribution in [3.63, 3.8) is 0 Å². The van der Waals surface area contributed by atoms with Crippen LogP contribution < -0.4 is 0 Å². The highest BCUT2D eigenvalue weighted by Gasteiger charge is 2.39. The van der Waals surface area contributed by atoms with Crippen LogP contribution in [0.15, 0.2) is 12.3 Å². The molecular weight excluding hydrogens is 280 g/mol. The van der Waals surface area contributed by atoms with Crippen LogP contribution in [0.4, 0.5) is 0 Å². The van der Waals surface area contributed by atoms with Gasteiger partial charge in [0.1, 0.15) is 5.69 Å². The second kappa shape index (κ2) is 5.48. The van der Waals surface area contributed by atoms with E-state index in [-0.39, 0.29) is 18.0 Å². The van der Waals surface area contributed by atoms with Crippen molar-refractivity contribution >= 4 is 23.5 Å². The summed E-state index contributed by atoms with van der Waals surface area (Å²) in [6.45, 7) is 6.20. The largest absolute Gasteiger partial charge is 0.481 e. The molecule has 2 atom stereocenters. The molecule has 20 heavy (non-hydrogen) atoms. The summed E-state index contributed by atoms with van der Waals surface area (Å²) >= 11 is 5.99. The number of nitrogens with zero attached hydrogens (tertiary/aromatic N) is 2. The molecule has 0 saturated carbocycles. The van der Waals surface area contributed by atoms with Crippen LogP contribution in [-0.4, -0.2) is 39.0 Å². The first kappa shape index (κ1) is 14.9. The standard InChI is InChI=1S/C14H19ClN2O3/c1-8(2)17-7-10(15)6-12(17)13(18)16-5-4-11(9(16)3)14(19)20/h6-9,11H,4-5H2,1-3H3,(H,19,20). The SMILES string of the molecule is CC1C(C(=O)O)CCN1C(=O)c1cc(Cl)cn1C(C)C. The van der Waals surface area contributed by atoms with E-state index in [9.17, 15) is 9.59 Å². The third kappa shape index (κ3) is 2.54. The van der Waals surface area contributed by atoms with E-state index >= 15 is 0 Å². The van der Waals surface area contributed by atoms with Crippen LogP contribution in [-0.2, 0) is 4.79 Å². The van der Waals surface area contributed by atoms with E-state index in [0.717, 1.165) is 0 Å². The first-order valence-corrected chi connectivity index (χ1v) is 7.12. The summed E-state index contributed by atoms with van der Waals surface area (Å²) in [5, 5.41) is 9.65. The number of carboxylic acids is 1. The lowest BCUT2D eigenvalue weighted by Gasteiger charge is -2.24. The van der Waals surface area contributed by atoms with Gasteiger partial charge in [-0.2, -0.15) is 0 Å². The van der Waals surface area contributed by atoms with Crippen LogP contribution in [0.5, 0.6) is 0 Å². The fraction of sp³-hybridized carbons (Fsp3) is 0.571. The van der Waals surface area contributed by atoms with Gasteiger partial charge in [0.2, 0.25) is 0 Å². The normalized spacial score (nSPS) is 22.6. The summed E-state index contributed by atoms with van der Waals surface area (Å²) in [6, 6.07) is 1.47. The predicted molar refractivity (Wildman–Crippen MR) is 76.1 cm³/mol. The van der Waals surface area contributed by atoms with Crippen molar-refractivity contribution in [2.75, 3.05) is 6.54 Å². The van der Waals surface area contributed by atoms with Crippen molar-refractivity contribution in [2.24, 2.45) is 5.92 Å². The van der Waals surface area contributed by atoms with Gasteiger partial charge >= 0.3 is 5.97 Å². The number of rotatable bonds is 3. The lowest BCUT2D eigenvalue weighted by molar-refractivity contribution is -0.142. The average Bonchev–Trinajstić information content (AvgIpc) is 2.91. The summed E-state index contributed by atoms with van der Waals surface area (Å²) in [5.41, 5.74) is 0.517. The van der Waals surface area contributed by atoms with Crippen LogP contribution in [0, 0.1) is 5.92 Å². The Labute approximate surface area is 123 Å². The quantitative estimate of drug-likeness (QED) is 0.933. The highest BCUT2D eigenvalue weighted by atomic mass is 35.5. The van der Waals surface area contributed by atoms with E-state index in [1.165, 1.54) is 0 Å². The van der Waals surface area contributed by atoms with Crippen LogP contribution in [0.2, 0.25) is 5.02 Å². The maximum atomic E-state index is 12.6. The van der Waals surface area contributed by atoms with Gasteiger partial charge in [-0.1, -0.05) is 11.6 Å². The molecule has 1 aliphatic rings. The smallest absolute Gasteiger partial charge is 0.308 e. The molecule has 1 fully saturated rings. The fourth-order valence-corrected chi connectivity index (χ4v) is 2.96. The monoisotopic (exact) mass is 298 g/mol. The Morgan fingerprint density at radius 3 is 2.60 bits per heavy atom. The van der Waals surface area contributed by atoms with E-state index in [4.69, 9.17) is 16.7 Å². The third-order valence-corrected chi connectivity index (χ3v) is 4.13. The van der Waals surface area contributed by atoms with Crippen LogP contribution in [0.1, 0.15) is 43.7 Å². The van der Waals surface area contributed by atoms with Gasteiger partial charge < -0.3 is 14.6 Å². The maximum absolute atomic E-state index is 12.6. The van der Waals surface area contributed by atoms with Gasteiger partial charge in [0.25, 0.3) is 5.91 Å². The first-order valence-electron chi connectivity index (χ1n) is 6.74. The maximum Gasteiger partial charge on any atom is 0.308 e. The van der Waals surface area contributed by atoms with E-state index in [0.29, 0.717) is 23.7 Å². The van der Waals surface area contributed by atoms with E-state index in [2.05, 4.69) is 0 Å². The molecule has 0 aliphatic carbocycles. The van der Waals surface area contributed by atoms with Gasteiger partial charge in [0.05, 0.1) is 10.9 Å². The molecule has 1 N–H and O–H groups in total. The van der Waals surface area contributed by atoms with Crippen molar-refractivity contribution in [3.05, 3.63) is 23.0 Å². The zero-order valence-corrected chi connectivity index (χ0v) is 12.6. The van der Waals surface area contributed by atoms with Crippen LogP contribution in [0.25, 0.3) is 0 Å². The van der Waals surface area contributed by atoms with Crippen molar-refractivity contribution in [2.45, 2.75) is 39.3 Å². The lowest BCUT2D eigenvalue weighted by atomic mass is 10.0. The Morgan fingerprint density at radius 1 is 1.45 bits per heavy atom. The minimum atomic E-state index is -0.843. The van der Waals surface area contributed by atoms with Crippen molar-refractivity contribution in [1.29, 1.82) is 0 Å². The molecule has 6 heteroatoms. The number of aromatic nitrogens is 1. The van der Waals surface area contributed by atoms with Crippen molar-refractivity contribution < 1.29 is 14.7 Å². The minimum absolute atomic E-state index is 0.120. The number of hydrogen-bond donors (Lipinski definition) is 1. The highest BCUT2D eigenvalue weighted by molar-refractivity contribution is 6.31. The van der Waals surface area contributed by atoms with Gasteiger partial charge in [-0.05, 0) is 33.3 Å². The van der Waals surface area contributed by atoms with Gasteiger partial charge in [0.15, 0.2) is 0 Å². The molecule has 1 aromatic rings. The first-order chi connectivity index (χ1) is 9.32. The predicted octanol–water partition coefficient (Wildman–Crippen LogP) is 2.66. The van der Waals surface area contributed by atoms with Gasteiger partial charge in [0, 0.05) is 24.8 Å². The minimum Gasteiger partial charge on any atom is -0.481 e. The summed E-state index contributed by atoms with van der Waals surface area (Å²) < 4.78 is 1.82. The molecule has 0 bridgehead atoms. The molecule has 0 aromatic carbocycles. The number of hydrogen-bond acceptors (Lipinski definition) is 2. The fourth-order valence-electron chi connectivity index (χ4n) is 2.75. The summed E-state index contributed by atoms with van der Waals surface area (Å²) in [6.07, 6.45) is 2.23. The number of carbonyl (C=O) groups is 2. The molecule has 2 unspecified atom stereocenters. The number of aliphatic carboxylic acids is 1. The van der Waals surface area contributed by atoms with E-state index in [1.54, 1.807) is 24.1 Å². The average molecular weight is 299 g/mol. The Bertz CT molecular complexity index is 539.